The number of carboxylic acid groups (broad SMARTS) is 1. The molecule has 4 heteroatoms. The minimum absolute atomic E-state index is 0.461. The average Bonchev–Trinajstić information content (AvgIpc) is 2.12. The zero-order chi connectivity index (χ0) is 10.9. The van der Waals surface area contributed by atoms with E-state index in [9.17, 15) is 4.79 Å². The van der Waals surface area contributed by atoms with Crippen LogP contribution >= 0.6 is 0 Å². The van der Waals surface area contributed by atoms with E-state index in [1.165, 1.54) is 0 Å². The molecule has 0 spiro atoms. The molecule has 74 valence electrons. The summed E-state index contributed by atoms with van der Waals surface area (Å²) in [6, 6.07) is 0. The number of pyridine rings is 1. The third-order valence-corrected chi connectivity index (χ3v) is 2.63. The maximum absolute atomic E-state index is 10.9. The van der Waals surface area contributed by atoms with Crippen molar-refractivity contribution >= 4 is 19.4 Å². The van der Waals surface area contributed by atoms with Crippen LogP contribution in [0.1, 0.15) is 29.5 Å². The zero-order valence-electron chi connectivity index (χ0n) is 8.96. The van der Waals surface area contributed by atoms with Crippen molar-refractivity contribution in [2.75, 3.05) is 0 Å². The van der Waals surface area contributed by atoms with E-state index in [1.807, 2.05) is 21.7 Å². The SMILES string of the molecule is Bc1ncc(C)c(C(C)C(=O)O)c1C. The Bertz CT molecular complexity index is 377. The Balaban J connectivity index is 3.32. The van der Waals surface area contributed by atoms with Gasteiger partial charge in [0.2, 0.25) is 0 Å². The topological polar surface area (TPSA) is 50.2 Å². The largest absolute Gasteiger partial charge is 0.481 e. The fraction of sp³-hybridized carbons (Fsp3) is 0.400. The highest BCUT2D eigenvalue weighted by Gasteiger charge is 2.19. The summed E-state index contributed by atoms with van der Waals surface area (Å²) < 4.78 is 0. The predicted octanol–water partition coefficient (Wildman–Crippen LogP) is 0.145. The van der Waals surface area contributed by atoms with Crippen molar-refractivity contribution in [2.24, 2.45) is 0 Å². The summed E-state index contributed by atoms with van der Waals surface area (Å²) in [5.41, 5.74) is 3.73. The van der Waals surface area contributed by atoms with Gasteiger partial charge >= 0.3 is 5.97 Å². The van der Waals surface area contributed by atoms with Crippen LogP contribution in [0.5, 0.6) is 0 Å². The van der Waals surface area contributed by atoms with Gasteiger partial charge in [-0.25, -0.2) is 0 Å². The Labute approximate surface area is 84.6 Å². The van der Waals surface area contributed by atoms with Crippen LogP contribution in [-0.2, 0) is 4.79 Å². The van der Waals surface area contributed by atoms with Crippen molar-refractivity contribution in [2.45, 2.75) is 26.7 Å². The number of aryl methyl sites for hydroxylation is 1. The van der Waals surface area contributed by atoms with E-state index >= 15 is 0 Å². The molecule has 0 aromatic carbocycles. The molecule has 1 rings (SSSR count). The quantitative estimate of drug-likeness (QED) is 0.676. The summed E-state index contributed by atoms with van der Waals surface area (Å²) in [7, 11) is 1.90. The Hall–Kier alpha value is -1.32. The van der Waals surface area contributed by atoms with Crippen molar-refractivity contribution in [3.8, 4) is 0 Å². The van der Waals surface area contributed by atoms with E-state index in [0.29, 0.717) is 0 Å². The molecular weight excluding hydrogens is 177 g/mol. The molecule has 0 bridgehead atoms. The summed E-state index contributed by atoms with van der Waals surface area (Å²) in [6.45, 7) is 5.52. The van der Waals surface area contributed by atoms with Crippen molar-refractivity contribution in [3.05, 3.63) is 22.9 Å². The first-order valence-corrected chi connectivity index (χ1v) is 4.60. The number of carbonyl (C=O) groups is 1. The molecule has 1 N–H and O–H groups in total. The van der Waals surface area contributed by atoms with Crippen molar-refractivity contribution in [1.82, 2.24) is 4.98 Å². The van der Waals surface area contributed by atoms with Crippen molar-refractivity contribution in [1.29, 1.82) is 0 Å². The molecule has 0 saturated heterocycles. The van der Waals surface area contributed by atoms with Crippen LogP contribution in [0.2, 0.25) is 0 Å². The minimum atomic E-state index is -0.790. The monoisotopic (exact) mass is 191 g/mol. The maximum atomic E-state index is 10.9. The van der Waals surface area contributed by atoms with E-state index in [1.54, 1.807) is 13.1 Å². The maximum Gasteiger partial charge on any atom is 0.310 e. The van der Waals surface area contributed by atoms with Gasteiger partial charge in [-0.3, -0.25) is 9.78 Å². The van der Waals surface area contributed by atoms with Gasteiger partial charge in [-0.1, -0.05) is 0 Å². The van der Waals surface area contributed by atoms with Gasteiger partial charge in [-0.15, -0.1) is 0 Å². The third kappa shape index (κ3) is 1.79. The highest BCUT2D eigenvalue weighted by atomic mass is 16.4. The van der Waals surface area contributed by atoms with Gasteiger partial charge in [0.1, 0.15) is 0 Å². The molecule has 1 unspecified atom stereocenters. The van der Waals surface area contributed by atoms with E-state index < -0.39 is 11.9 Å². The second-order valence-corrected chi connectivity index (χ2v) is 3.63. The van der Waals surface area contributed by atoms with Gasteiger partial charge in [-0.2, -0.15) is 0 Å². The number of aromatic nitrogens is 1. The van der Waals surface area contributed by atoms with Gasteiger partial charge in [0.15, 0.2) is 7.85 Å². The molecular formula is C10H14BNO2. The Kier molecular flexibility index (Phi) is 2.94. The molecule has 0 saturated carbocycles. The number of nitrogens with zero attached hydrogens (tertiary/aromatic N) is 1. The first-order chi connectivity index (χ1) is 6.45. The van der Waals surface area contributed by atoms with Crippen LogP contribution in [0.3, 0.4) is 0 Å². The van der Waals surface area contributed by atoms with Crippen LogP contribution < -0.4 is 5.59 Å². The number of hydrogen-bond donors (Lipinski definition) is 1. The molecule has 0 aliphatic carbocycles. The van der Waals surface area contributed by atoms with E-state index in [2.05, 4.69) is 4.98 Å². The lowest BCUT2D eigenvalue weighted by Gasteiger charge is -2.15. The fourth-order valence-electron chi connectivity index (χ4n) is 1.64. The lowest BCUT2D eigenvalue weighted by atomic mass is 9.87. The number of carboxylic acids is 1. The molecule has 3 nitrogen and oxygen atoms in total. The van der Waals surface area contributed by atoms with Crippen molar-refractivity contribution in [3.63, 3.8) is 0 Å². The lowest BCUT2D eigenvalue weighted by Crippen LogP contribution is -2.20. The van der Waals surface area contributed by atoms with Crippen LogP contribution in [0, 0.1) is 13.8 Å². The Morgan fingerprint density at radius 1 is 1.57 bits per heavy atom. The average molecular weight is 191 g/mol. The van der Waals surface area contributed by atoms with E-state index in [0.717, 1.165) is 22.3 Å². The molecule has 0 amide bonds. The first-order valence-electron chi connectivity index (χ1n) is 4.60. The van der Waals surface area contributed by atoms with Crippen molar-refractivity contribution < 1.29 is 9.90 Å². The summed E-state index contributed by atoms with van der Waals surface area (Å²) in [4.78, 5) is 15.1. The third-order valence-electron chi connectivity index (χ3n) is 2.63. The van der Waals surface area contributed by atoms with Gasteiger partial charge in [0.25, 0.3) is 0 Å². The van der Waals surface area contributed by atoms with E-state index in [4.69, 9.17) is 5.11 Å². The first kappa shape index (κ1) is 10.8. The summed E-state index contributed by atoms with van der Waals surface area (Å²) >= 11 is 0. The Morgan fingerprint density at radius 3 is 2.64 bits per heavy atom. The van der Waals surface area contributed by atoms with Gasteiger partial charge < -0.3 is 5.11 Å². The molecule has 0 radical (unpaired) electrons. The molecule has 0 fully saturated rings. The predicted molar refractivity (Wildman–Crippen MR) is 57.9 cm³/mol. The zero-order valence-corrected chi connectivity index (χ0v) is 8.96. The number of aliphatic carboxylic acids is 1. The molecule has 1 aromatic heterocycles. The second kappa shape index (κ2) is 3.82. The highest BCUT2D eigenvalue weighted by Crippen LogP contribution is 2.21. The smallest absolute Gasteiger partial charge is 0.310 e. The molecule has 0 aliphatic heterocycles. The Morgan fingerprint density at radius 2 is 2.14 bits per heavy atom. The summed E-state index contributed by atoms with van der Waals surface area (Å²) in [5, 5.41) is 8.95. The summed E-state index contributed by atoms with van der Waals surface area (Å²) in [6.07, 6.45) is 1.73. The van der Waals surface area contributed by atoms with Gasteiger partial charge in [0.05, 0.1) is 5.92 Å². The number of hydrogen-bond acceptors (Lipinski definition) is 2. The fourth-order valence-corrected chi connectivity index (χ4v) is 1.64. The van der Waals surface area contributed by atoms with Crippen LogP contribution in [-0.4, -0.2) is 23.9 Å². The normalized spacial score (nSPS) is 12.5. The molecule has 1 aromatic rings. The van der Waals surface area contributed by atoms with Crippen LogP contribution in [0.25, 0.3) is 0 Å². The molecule has 0 aliphatic rings. The molecule has 1 heterocycles. The summed E-state index contributed by atoms with van der Waals surface area (Å²) in [5.74, 6) is -1.25. The second-order valence-electron chi connectivity index (χ2n) is 3.63. The van der Waals surface area contributed by atoms with E-state index in [-0.39, 0.29) is 0 Å². The van der Waals surface area contributed by atoms with Gasteiger partial charge in [-0.05, 0) is 43.1 Å². The van der Waals surface area contributed by atoms with Crippen LogP contribution in [0.4, 0.5) is 0 Å². The van der Waals surface area contributed by atoms with Crippen LogP contribution in [0.15, 0.2) is 6.20 Å². The lowest BCUT2D eigenvalue weighted by molar-refractivity contribution is -0.138. The number of rotatable bonds is 2. The molecule has 14 heavy (non-hydrogen) atoms. The highest BCUT2D eigenvalue weighted by molar-refractivity contribution is 6.31. The minimum Gasteiger partial charge on any atom is -0.481 e. The van der Waals surface area contributed by atoms with Gasteiger partial charge in [0, 0.05) is 6.20 Å². The standard InChI is InChI=1S/C10H14BNO2/c1-5-4-12-9(11)6(2)8(5)7(3)10(13)14/h4,7H,11H2,1-3H3,(H,13,14). The molecule has 1 atom stereocenters.